The van der Waals surface area contributed by atoms with E-state index >= 15 is 0 Å². The van der Waals surface area contributed by atoms with Gasteiger partial charge < -0.3 is 30.1 Å². The summed E-state index contributed by atoms with van der Waals surface area (Å²) in [7, 11) is 1.58. The van der Waals surface area contributed by atoms with Gasteiger partial charge >= 0.3 is 0 Å². The predicted octanol–water partition coefficient (Wildman–Crippen LogP) is 4.55. The van der Waals surface area contributed by atoms with Crippen LogP contribution in [0.1, 0.15) is 25.0 Å². The van der Waals surface area contributed by atoms with E-state index in [0.29, 0.717) is 52.3 Å². The summed E-state index contributed by atoms with van der Waals surface area (Å²) in [5.41, 5.74) is 1.18. The number of aliphatic hydroxyl groups excluding tert-OH is 1. The molecule has 4 aromatic rings. The van der Waals surface area contributed by atoms with E-state index in [4.69, 9.17) is 21.1 Å². The van der Waals surface area contributed by atoms with Gasteiger partial charge in [0, 0.05) is 36.4 Å². The molecular formula is C29H33ClFN7O4. The van der Waals surface area contributed by atoms with E-state index in [1.54, 1.807) is 19.2 Å². The first-order valence-electron chi connectivity index (χ1n) is 13.8. The highest BCUT2D eigenvalue weighted by molar-refractivity contribution is 6.31. The fourth-order valence-electron chi connectivity index (χ4n) is 4.90. The lowest BCUT2D eigenvalue weighted by atomic mass is 9.98. The van der Waals surface area contributed by atoms with Crippen molar-refractivity contribution in [3.05, 3.63) is 59.3 Å². The fourth-order valence-corrected chi connectivity index (χ4v) is 5.08. The van der Waals surface area contributed by atoms with Gasteiger partial charge in [0.25, 0.3) is 0 Å². The smallest absolute Gasteiger partial charge is 0.230 e. The van der Waals surface area contributed by atoms with Crippen LogP contribution in [0.4, 0.5) is 21.7 Å². The van der Waals surface area contributed by atoms with Gasteiger partial charge in [0.2, 0.25) is 5.91 Å². The van der Waals surface area contributed by atoms with Crippen LogP contribution in [0.2, 0.25) is 5.02 Å². The molecule has 1 aliphatic heterocycles. The highest BCUT2D eigenvalue weighted by Crippen LogP contribution is 2.35. The third kappa shape index (κ3) is 7.25. The van der Waals surface area contributed by atoms with Crippen LogP contribution < -0.4 is 20.1 Å². The van der Waals surface area contributed by atoms with Gasteiger partial charge in [-0.1, -0.05) is 17.7 Å². The molecule has 0 spiro atoms. The Balaban J connectivity index is 1.19. The van der Waals surface area contributed by atoms with Crippen LogP contribution in [-0.4, -0.2) is 76.0 Å². The molecule has 11 nitrogen and oxygen atoms in total. The monoisotopic (exact) mass is 597 g/mol. The molecular weight excluding hydrogens is 565 g/mol. The normalized spacial score (nSPS) is 14.2. The van der Waals surface area contributed by atoms with Crippen molar-refractivity contribution in [1.29, 1.82) is 0 Å². The van der Waals surface area contributed by atoms with Crippen molar-refractivity contribution >= 4 is 45.7 Å². The van der Waals surface area contributed by atoms with Crippen LogP contribution in [0.3, 0.4) is 0 Å². The number of hydrogen-bond acceptors (Lipinski definition) is 9. The number of hydrogen-bond donors (Lipinski definition) is 4. The zero-order valence-corrected chi connectivity index (χ0v) is 24.0. The third-order valence-corrected chi connectivity index (χ3v) is 7.51. The van der Waals surface area contributed by atoms with E-state index in [9.17, 15) is 14.3 Å². The summed E-state index contributed by atoms with van der Waals surface area (Å²) in [6.07, 6.45) is 4.32. The number of H-pyrrole nitrogens is 1. The number of fused-ring (bicyclic) bond motifs is 1. The average molecular weight is 598 g/mol. The first-order valence-corrected chi connectivity index (χ1v) is 14.1. The summed E-state index contributed by atoms with van der Waals surface area (Å²) in [5.74, 6) is 1.40. The summed E-state index contributed by atoms with van der Waals surface area (Å²) < 4.78 is 25.8. The van der Waals surface area contributed by atoms with Gasteiger partial charge in [-0.15, -0.1) is 0 Å². The summed E-state index contributed by atoms with van der Waals surface area (Å²) >= 11 is 5.79. The molecule has 4 N–H and O–H groups in total. The SMILES string of the molecule is COc1cc2c(Nc3cc(CC(=O)Nc4cccc(Cl)c4F)[nH]n3)ncnc2cc1OCCCN1CCC(CO)CC1. The molecule has 1 saturated heterocycles. The molecule has 13 heteroatoms. The van der Waals surface area contributed by atoms with Crippen molar-refractivity contribution in [1.82, 2.24) is 25.1 Å². The Morgan fingerprint density at radius 2 is 2.05 bits per heavy atom. The number of carbonyl (C=O) groups is 1. The summed E-state index contributed by atoms with van der Waals surface area (Å²) in [6, 6.07) is 9.71. The zero-order chi connectivity index (χ0) is 29.5. The van der Waals surface area contributed by atoms with E-state index in [0.717, 1.165) is 38.9 Å². The Labute approximate surface area is 247 Å². The maximum absolute atomic E-state index is 14.1. The molecule has 222 valence electrons. The first kappa shape index (κ1) is 29.5. The number of amides is 1. The average Bonchev–Trinajstić information content (AvgIpc) is 3.44. The molecule has 42 heavy (non-hydrogen) atoms. The van der Waals surface area contributed by atoms with Crippen LogP contribution in [-0.2, 0) is 11.2 Å². The second-order valence-electron chi connectivity index (χ2n) is 10.1. The first-order chi connectivity index (χ1) is 20.4. The quantitative estimate of drug-likeness (QED) is 0.173. The molecule has 0 bridgehead atoms. The number of methoxy groups -OCH3 is 1. The van der Waals surface area contributed by atoms with Crippen molar-refractivity contribution in [2.45, 2.75) is 25.7 Å². The van der Waals surface area contributed by atoms with Crippen molar-refractivity contribution in [3.8, 4) is 11.5 Å². The van der Waals surface area contributed by atoms with E-state index in [-0.39, 0.29) is 23.7 Å². The van der Waals surface area contributed by atoms with Crippen LogP contribution in [0.15, 0.2) is 42.7 Å². The van der Waals surface area contributed by atoms with E-state index < -0.39 is 11.7 Å². The number of aliphatic hydroxyl groups is 1. The minimum absolute atomic E-state index is 0.00838. The van der Waals surface area contributed by atoms with Crippen molar-refractivity contribution in [2.75, 3.05) is 50.6 Å². The Kier molecular flexibility index (Phi) is 9.67. The maximum Gasteiger partial charge on any atom is 0.230 e. The summed E-state index contributed by atoms with van der Waals surface area (Å²) in [5, 5.41) is 22.7. The maximum atomic E-state index is 14.1. The summed E-state index contributed by atoms with van der Waals surface area (Å²) in [6.45, 7) is 3.76. The lowest BCUT2D eigenvalue weighted by Gasteiger charge is -2.30. The lowest BCUT2D eigenvalue weighted by Crippen LogP contribution is -2.35. The minimum Gasteiger partial charge on any atom is -0.493 e. The van der Waals surface area contributed by atoms with Gasteiger partial charge in [0.15, 0.2) is 23.1 Å². The second-order valence-corrected chi connectivity index (χ2v) is 10.5. The van der Waals surface area contributed by atoms with Gasteiger partial charge in [-0.25, -0.2) is 14.4 Å². The van der Waals surface area contributed by atoms with Gasteiger partial charge in [-0.3, -0.25) is 9.89 Å². The number of benzene rings is 2. The highest BCUT2D eigenvalue weighted by Gasteiger charge is 2.18. The van der Waals surface area contributed by atoms with Crippen LogP contribution >= 0.6 is 11.6 Å². The molecule has 0 radical (unpaired) electrons. The van der Waals surface area contributed by atoms with E-state index in [1.807, 2.05) is 12.1 Å². The molecule has 5 rings (SSSR count). The molecule has 2 aromatic heterocycles. The molecule has 1 fully saturated rings. The number of nitrogens with zero attached hydrogens (tertiary/aromatic N) is 4. The molecule has 1 aliphatic rings. The lowest BCUT2D eigenvalue weighted by molar-refractivity contribution is -0.115. The Morgan fingerprint density at radius 1 is 1.21 bits per heavy atom. The molecule has 0 saturated carbocycles. The number of nitrogens with one attached hydrogen (secondary N) is 3. The second kappa shape index (κ2) is 13.8. The molecule has 2 aromatic carbocycles. The number of carbonyl (C=O) groups excluding carboxylic acids is 1. The summed E-state index contributed by atoms with van der Waals surface area (Å²) in [4.78, 5) is 23.6. The third-order valence-electron chi connectivity index (χ3n) is 7.22. The standard InChI is InChI=1S/C29H33ClFN7O4/c1-41-24-14-20-23(15-25(24)42-11-3-8-38-9-6-18(16-39)7-10-38)32-17-33-29(20)35-26-12-19(36-37-26)13-27(40)34-22-5-2-4-21(30)28(22)31/h2,4-5,12,14-15,17-18,39H,3,6-11,13,16H2,1H3,(H,34,40)(H2,32,33,35,36,37). The van der Waals surface area contributed by atoms with Crippen molar-refractivity contribution in [3.63, 3.8) is 0 Å². The number of anilines is 3. The molecule has 0 atom stereocenters. The number of likely N-dealkylation sites (tertiary alicyclic amines) is 1. The number of aromatic amines is 1. The number of piperidine rings is 1. The molecule has 3 heterocycles. The van der Waals surface area contributed by atoms with Crippen LogP contribution in [0.25, 0.3) is 10.9 Å². The van der Waals surface area contributed by atoms with E-state index in [1.165, 1.54) is 18.5 Å². The predicted molar refractivity (Wildman–Crippen MR) is 158 cm³/mol. The minimum atomic E-state index is -0.686. The molecule has 1 amide bonds. The van der Waals surface area contributed by atoms with Crippen LogP contribution in [0.5, 0.6) is 11.5 Å². The van der Waals surface area contributed by atoms with Crippen molar-refractivity contribution < 1.29 is 23.8 Å². The molecule has 0 aliphatic carbocycles. The Hall–Kier alpha value is -4.00. The van der Waals surface area contributed by atoms with Gasteiger partial charge in [-0.05, 0) is 56.5 Å². The Bertz CT molecular complexity index is 1530. The zero-order valence-electron chi connectivity index (χ0n) is 23.2. The number of rotatable bonds is 12. The fraction of sp³-hybridized carbons (Fsp3) is 0.379. The van der Waals surface area contributed by atoms with Gasteiger partial charge in [0.05, 0.1) is 36.4 Å². The number of ether oxygens (including phenoxy) is 2. The van der Waals surface area contributed by atoms with Crippen molar-refractivity contribution in [2.24, 2.45) is 5.92 Å². The topological polar surface area (TPSA) is 138 Å². The highest BCUT2D eigenvalue weighted by atomic mass is 35.5. The Morgan fingerprint density at radius 3 is 2.83 bits per heavy atom. The molecule has 0 unspecified atom stereocenters. The van der Waals surface area contributed by atoms with Crippen LogP contribution in [0, 0.1) is 11.7 Å². The van der Waals surface area contributed by atoms with Gasteiger partial charge in [0.1, 0.15) is 12.1 Å². The largest absolute Gasteiger partial charge is 0.493 e. The van der Waals surface area contributed by atoms with E-state index in [2.05, 4.69) is 35.7 Å². The number of halogens is 2. The number of aromatic nitrogens is 4. The van der Waals surface area contributed by atoms with Gasteiger partial charge in [-0.2, -0.15) is 5.10 Å².